The van der Waals surface area contributed by atoms with Crippen LogP contribution >= 0.6 is 0 Å². The van der Waals surface area contributed by atoms with Crippen molar-refractivity contribution in [3.63, 3.8) is 0 Å². The number of rotatable bonds is 5. The number of halogens is 2. The average molecular weight is 272 g/mol. The van der Waals surface area contributed by atoms with Gasteiger partial charge in [0.2, 0.25) is 0 Å². The maximum Gasteiger partial charge on any atom is 0.127 e. The van der Waals surface area contributed by atoms with E-state index in [1.165, 1.54) is 24.3 Å². The van der Waals surface area contributed by atoms with Crippen LogP contribution in [0, 0.1) is 23.0 Å². The molecule has 0 radical (unpaired) electrons. The van der Waals surface area contributed by atoms with Crippen LogP contribution in [0.5, 0.6) is 0 Å². The molecule has 0 aliphatic heterocycles. The predicted molar refractivity (Wildman–Crippen MR) is 72.9 cm³/mol. The second-order valence-corrected chi connectivity index (χ2v) is 4.47. The minimum Gasteiger partial charge on any atom is -0.312 e. The minimum absolute atomic E-state index is 0.253. The van der Waals surface area contributed by atoms with Crippen molar-refractivity contribution in [2.24, 2.45) is 0 Å². The van der Waals surface area contributed by atoms with E-state index in [4.69, 9.17) is 5.26 Å². The summed E-state index contributed by atoms with van der Waals surface area (Å²) in [7, 11) is 0. The summed E-state index contributed by atoms with van der Waals surface area (Å²) >= 11 is 0. The molecule has 2 aromatic rings. The van der Waals surface area contributed by atoms with Crippen molar-refractivity contribution in [1.29, 1.82) is 5.26 Å². The third-order valence-corrected chi connectivity index (χ3v) is 2.99. The highest BCUT2D eigenvalue weighted by Gasteiger charge is 2.03. The van der Waals surface area contributed by atoms with Gasteiger partial charge in [0.15, 0.2) is 0 Å². The maximum absolute atomic E-state index is 13.5. The van der Waals surface area contributed by atoms with Gasteiger partial charge in [0.1, 0.15) is 11.6 Å². The van der Waals surface area contributed by atoms with Crippen LogP contribution in [0.1, 0.15) is 16.7 Å². The first-order chi connectivity index (χ1) is 9.69. The molecule has 0 bridgehead atoms. The van der Waals surface area contributed by atoms with Crippen LogP contribution in [0.15, 0.2) is 42.5 Å². The second kappa shape index (κ2) is 6.78. The summed E-state index contributed by atoms with van der Waals surface area (Å²) < 4.78 is 26.2. The molecule has 0 saturated carbocycles. The first kappa shape index (κ1) is 14.2. The minimum atomic E-state index is -0.321. The smallest absolute Gasteiger partial charge is 0.127 e. The highest BCUT2D eigenvalue weighted by Crippen LogP contribution is 2.10. The van der Waals surface area contributed by atoms with Crippen LogP contribution in [0.4, 0.5) is 8.78 Å². The Morgan fingerprint density at radius 3 is 2.50 bits per heavy atom. The van der Waals surface area contributed by atoms with Crippen molar-refractivity contribution in [2.45, 2.75) is 13.0 Å². The van der Waals surface area contributed by atoms with Crippen molar-refractivity contribution in [3.8, 4) is 6.07 Å². The van der Waals surface area contributed by atoms with E-state index < -0.39 is 0 Å². The summed E-state index contributed by atoms with van der Waals surface area (Å²) in [5, 5.41) is 11.9. The van der Waals surface area contributed by atoms with E-state index >= 15 is 0 Å². The molecule has 0 amide bonds. The van der Waals surface area contributed by atoms with Crippen molar-refractivity contribution in [3.05, 3.63) is 70.8 Å². The first-order valence-electron chi connectivity index (χ1n) is 6.33. The normalized spacial score (nSPS) is 10.2. The van der Waals surface area contributed by atoms with Crippen molar-refractivity contribution >= 4 is 0 Å². The second-order valence-electron chi connectivity index (χ2n) is 4.47. The molecular formula is C16H14F2N2. The average Bonchev–Trinajstić information content (AvgIpc) is 2.47. The molecule has 1 N–H and O–H groups in total. The summed E-state index contributed by atoms with van der Waals surface area (Å²) in [5.41, 5.74) is 1.94. The number of hydrogen-bond acceptors (Lipinski definition) is 2. The van der Waals surface area contributed by atoms with Crippen molar-refractivity contribution < 1.29 is 8.78 Å². The van der Waals surface area contributed by atoms with Gasteiger partial charge in [0.25, 0.3) is 0 Å². The van der Waals surface area contributed by atoms with Gasteiger partial charge in [-0.2, -0.15) is 5.26 Å². The van der Waals surface area contributed by atoms with E-state index in [2.05, 4.69) is 5.32 Å². The van der Waals surface area contributed by atoms with Gasteiger partial charge in [0, 0.05) is 12.1 Å². The lowest BCUT2D eigenvalue weighted by atomic mass is 10.1. The molecule has 0 aromatic heterocycles. The molecule has 0 spiro atoms. The Morgan fingerprint density at radius 2 is 1.80 bits per heavy atom. The first-order valence-corrected chi connectivity index (χ1v) is 6.33. The number of nitrogens with zero attached hydrogens (tertiary/aromatic N) is 1. The molecule has 0 heterocycles. The summed E-state index contributed by atoms with van der Waals surface area (Å²) in [4.78, 5) is 0. The summed E-state index contributed by atoms with van der Waals surface area (Å²) in [6.07, 6.45) is 0.736. The fourth-order valence-corrected chi connectivity index (χ4v) is 1.89. The third kappa shape index (κ3) is 3.87. The Labute approximate surface area is 116 Å². The van der Waals surface area contributed by atoms with Crippen LogP contribution in [-0.4, -0.2) is 6.54 Å². The summed E-state index contributed by atoms with van der Waals surface area (Å²) in [6, 6.07) is 12.6. The van der Waals surface area contributed by atoms with E-state index in [1.54, 1.807) is 18.2 Å². The van der Waals surface area contributed by atoms with E-state index in [-0.39, 0.29) is 11.6 Å². The molecule has 20 heavy (non-hydrogen) atoms. The molecule has 0 aliphatic rings. The fourth-order valence-electron chi connectivity index (χ4n) is 1.89. The summed E-state index contributed by atoms with van der Waals surface area (Å²) in [5.74, 6) is -0.574. The zero-order valence-corrected chi connectivity index (χ0v) is 10.9. The Morgan fingerprint density at radius 1 is 1.05 bits per heavy atom. The van der Waals surface area contributed by atoms with Crippen molar-refractivity contribution in [1.82, 2.24) is 5.32 Å². The van der Waals surface area contributed by atoms with E-state index in [9.17, 15) is 8.78 Å². The number of benzene rings is 2. The van der Waals surface area contributed by atoms with Gasteiger partial charge in [-0.15, -0.1) is 0 Å². The van der Waals surface area contributed by atoms with Crippen molar-refractivity contribution in [2.75, 3.05) is 6.54 Å². The largest absolute Gasteiger partial charge is 0.312 e. The number of hydrogen-bond donors (Lipinski definition) is 1. The van der Waals surface area contributed by atoms with Gasteiger partial charge < -0.3 is 5.32 Å². The van der Waals surface area contributed by atoms with Crippen LogP contribution < -0.4 is 5.32 Å². The number of nitrogens with one attached hydrogen (secondary N) is 1. The zero-order chi connectivity index (χ0) is 14.4. The molecular weight excluding hydrogens is 258 g/mol. The molecule has 0 fully saturated rings. The molecule has 0 saturated heterocycles. The van der Waals surface area contributed by atoms with Crippen LogP contribution in [0.3, 0.4) is 0 Å². The topological polar surface area (TPSA) is 35.8 Å². The van der Waals surface area contributed by atoms with Gasteiger partial charge >= 0.3 is 0 Å². The molecule has 102 valence electrons. The molecule has 2 nitrogen and oxygen atoms in total. The lowest BCUT2D eigenvalue weighted by Gasteiger charge is -2.06. The van der Waals surface area contributed by atoms with E-state index in [0.717, 1.165) is 12.0 Å². The highest BCUT2D eigenvalue weighted by molar-refractivity contribution is 5.33. The van der Waals surface area contributed by atoms with Crippen LogP contribution in [0.2, 0.25) is 0 Å². The standard InChI is InChI=1S/C16H14F2N2/c17-15-4-1-12(2-5-15)7-8-20-11-14-9-13(10-19)3-6-16(14)18/h1-6,9,20H,7-8,11H2. The molecule has 0 unspecified atom stereocenters. The van der Waals surface area contributed by atoms with E-state index in [0.29, 0.717) is 24.2 Å². The highest BCUT2D eigenvalue weighted by atomic mass is 19.1. The molecule has 2 rings (SSSR count). The Hall–Kier alpha value is -2.25. The van der Waals surface area contributed by atoms with Gasteiger partial charge in [0.05, 0.1) is 11.6 Å². The van der Waals surface area contributed by atoms with Gasteiger partial charge in [-0.1, -0.05) is 12.1 Å². The molecule has 2 aromatic carbocycles. The maximum atomic E-state index is 13.5. The van der Waals surface area contributed by atoms with Crippen LogP contribution in [-0.2, 0) is 13.0 Å². The predicted octanol–water partition coefficient (Wildman–Crippen LogP) is 3.17. The summed E-state index contributed by atoms with van der Waals surface area (Å²) in [6.45, 7) is 1.02. The Bertz CT molecular complexity index is 615. The fraction of sp³-hybridized carbons (Fsp3) is 0.188. The van der Waals surface area contributed by atoms with E-state index in [1.807, 2.05) is 6.07 Å². The third-order valence-electron chi connectivity index (χ3n) is 2.99. The molecule has 4 heteroatoms. The monoisotopic (exact) mass is 272 g/mol. The van der Waals surface area contributed by atoms with Gasteiger partial charge in [-0.3, -0.25) is 0 Å². The lowest BCUT2D eigenvalue weighted by molar-refractivity contribution is 0.588. The van der Waals surface area contributed by atoms with Gasteiger partial charge in [-0.05, 0) is 48.9 Å². The molecule has 0 atom stereocenters. The SMILES string of the molecule is N#Cc1ccc(F)c(CNCCc2ccc(F)cc2)c1. The van der Waals surface area contributed by atoms with Crippen LogP contribution in [0.25, 0.3) is 0 Å². The number of nitriles is 1. The molecule has 0 aliphatic carbocycles. The quantitative estimate of drug-likeness (QED) is 0.849. The lowest BCUT2D eigenvalue weighted by Crippen LogP contribution is -2.17. The Kier molecular flexibility index (Phi) is 4.80. The van der Waals surface area contributed by atoms with Gasteiger partial charge in [-0.25, -0.2) is 8.78 Å². The zero-order valence-electron chi connectivity index (χ0n) is 10.9. The Balaban J connectivity index is 1.84.